The van der Waals surface area contributed by atoms with E-state index >= 15 is 0 Å². The van der Waals surface area contributed by atoms with E-state index in [-0.39, 0.29) is 5.91 Å². The molecule has 0 aliphatic rings. The van der Waals surface area contributed by atoms with Crippen LogP contribution in [0.4, 0.5) is 0 Å². The largest absolute Gasteiger partial charge is 0.496 e. The third-order valence-corrected chi connectivity index (χ3v) is 4.70. The second-order valence-electron chi connectivity index (χ2n) is 6.64. The van der Waals surface area contributed by atoms with Crippen LogP contribution < -0.4 is 9.47 Å². The Bertz CT molecular complexity index is 996. The molecule has 0 bridgehead atoms. The van der Waals surface area contributed by atoms with Crippen molar-refractivity contribution in [2.75, 3.05) is 21.3 Å². The molecule has 148 valence electrons. The van der Waals surface area contributed by atoms with Crippen molar-refractivity contribution in [3.63, 3.8) is 0 Å². The Morgan fingerprint density at radius 1 is 0.828 bits per heavy atom. The molecule has 4 heteroatoms. The lowest BCUT2D eigenvalue weighted by Crippen LogP contribution is -2.27. The van der Waals surface area contributed by atoms with Gasteiger partial charge < -0.3 is 14.4 Å². The van der Waals surface area contributed by atoms with Crippen molar-refractivity contribution in [1.82, 2.24) is 4.90 Å². The van der Waals surface area contributed by atoms with E-state index in [1.54, 1.807) is 26.2 Å². The number of carbonyl (C=O) groups is 1. The first kappa shape index (κ1) is 20.2. The summed E-state index contributed by atoms with van der Waals surface area (Å²) in [6.07, 6.45) is 1.88. The third-order valence-electron chi connectivity index (χ3n) is 4.70. The number of benzene rings is 3. The van der Waals surface area contributed by atoms with E-state index in [9.17, 15) is 4.79 Å². The lowest BCUT2D eigenvalue weighted by atomic mass is 10.0. The SMILES string of the molecule is COc1ccccc1C=C(C(=O)N(C)Cc1ccccc1OC)c1ccccc1. The van der Waals surface area contributed by atoms with Crippen molar-refractivity contribution in [3.05, 3.63) is 95.6 Å². The molecule has 0 aliphatic heterocycles. The second-order valence-corrected chi connectivity index (χ2v) is 6.64. The lowest BCUT2D eigenvalue weighted by molar-refractivity contribution is -0.124. The van der Waals surface area contributed by atoms with Crippen LogP contribution in [0.2, 0.25) is 0 Å². The Labute approximate surface area is 172 Å². The second kappa shape index (κ2) is 9.60. The Morgan fingerprint density at radius 3 is 2.10 bits per heavy atom. The van der Waals surface area contributed by atoms with Crippen molar-refractivity contribution in [2.24, 2.45) is 0 Å². The van der Waals surface area contributed by atoms with Crippen LogP contribution in [0, 0.1) is 0 Å². The Hall–Kier alpha value is -3.53. The van der Waals surface area contributed by atoms with Gasteiger partial charge in [0.1, 0.15) is 11.5 Å². The van der Waals surface area contributed by atoms with Crippen molar-refractivity contribution >= 4 is 17.6 Å². The fourth-order valence-electron chi connectivity index (χ4n) is 3.19. The minimum Gasteiger partial charge on any atom is -0.496 e. The van der Waals surface area contributed by atoms with Gasteiger partial charge in [-0.2, -0.15) is 0 Å². The zero-order valence-electron chi connectivity index (χ0n) is 17.0. The van der Waals surface area contributed by atoms with E-state index < -0.39 is 0 Å². The molecule has 3 aromatic carbocycles. The molecule has 3 aromatic rings. The molecule has 3 rings (SSSR count). The number of hydrogen-bond donors (Lipinski definition) is 0. The van der Waals surface area contributed by atoms with Crippen LogP contribution in [0.25, 0.3) is 11.6 Å². The molecule has 1 amide bonds. The number of hydrogen-bond acceptors (Lipinski definition) is 3. The zero-order chi connectivity index (χ0) is 20.6. The Morgan fingerprint density at radius 2 is 1.41 bits per heavy atom. The lowest BCUT2D eigenvalue weighted by Gasteiger charge is -2.21. The van der Waals surface area contributed by atoms with Crippen LogP contribution >= 0.6 is 0 Å². The van der Waals surface area contributed by atoms with Crippen LogP contribution in [0.1, 0.15) is 16.7 Å². The third kappa shape index (κ3) is 4.85. The number of para-hydroxylation sites is 2. The molecule has 0 atom stereocenters. The average Bonchev–Trinajstić information content (AvgIpc) is 2.78. The summed E-state index contributed by atoms with van der Waals surface area (Å²) in [5.41, 5.74) is 3.27. The first-order valence-corrected chi connectivity index (χ1v) is 9.41. The van der Waals surface area contributed by atoms with E-state index in [1.165, 1.54) is 0 Å². The Kier molecular flexibility index (Phi) is 6.69. The first-order valence-electron chi connectivity index (χ1n) is 9.41. The van der Waals surface area contributed by atoms with E-state index in [2.05, 4.69) is 0 Å². The summed E-state index contributed by atoms with van der Waals surface area (Å²) in [6.45, 7) is 0.443. The number of amides is 1. The molecule has 29 heavy (non-hydrogen) atoms. The molecule has 0 heterocycles. The summed E-state index contributed by atoms with van der Waals surface area (Å²) in [5, 5.41) is 0. The normalized spacial score (nSPS) is 11.1. The van der Waals surface area contributed by atoms with Crippen molar-refractivity contribution in [3.8, 4) is 11.5 Å². The number of carbonyl (C=O) groups excluding carboxylic acids is 1. The molecule has 0 aliphatic carbocycles. The van der Waals surface area contributed by atoms with Crippen LogP contribution in [0.5, 0.6) is 11.5 Å². The monoisotopic (exact) mass is 387 g/mol. The quantitative estimate of drug-likeness (QED) is 0.427. The molecule has 0 unspecified atom stereocenters. The highest BCUT2D eigenvalue weighted by atomic mass is 16.5. The van der Waals surface area contributed by atoms with E-state index in [0.29, 0.717) is 12.1 Å². The fourth-order valence-corrected chi connectivity index (χ4v) is 3.19. The summed E-state index contributed by atoms with van der Waals surface area (Å²) in [5.74, 6) is 1.41. The number of likely N-dealkylation sites (N-methyl/N-ethyl adjacent to an activating group) is 1. The van der Waals surface area contributed by atoms with Gasteiger partial charge >= 0.3 is 0 Å². The summed E-state index contributed by atoms with van der Waals surface area (Å²) in [7, 11) is 5.07. The van der Waals surface area contributed by atoms with Gasteiger partial charge in [-0.05, 0) is 23.8 Å². The topological polar surface area (TPSA) is 38.8 Å². The van der Waals surface area contributed by atoms with Gasteiger partial charge in [0, 0.05) is 30.3 Å². The van der Waals surface area contributed by atoms with Crippen LogP contribution in [0.15, 0.2) is 78.9 Å². The van der Waals surface area contributed by atoms with E-state index in [1.807, 2.05) is 84.9 Å². The maximum absolute atomic E-state index is 13.4. The van der Waals surface area contributed by atoms with Gasteiger partial charge in [0.15, 0.2) is 0 Å². The van der Waals surface area contributed by atoms with Gasteiger partial charge in [-0.1, -0.05) is 66.7 Å². The fraction of sp³-hybridized carbons (Fsp3) is 0.160. The molecule has 4 nitrogen and oxygen atoms in total. The zero-order valence-corrected chi connectivity index (χ0v) is 17.0. The maximum atomic E-state index is 13.4. The predicted octanol–water partition coefficient (Wildman–Crippen LogP) is 4.90. The van der Waals surface area contributed by atoms with Gasteiger partial charge in [0.2, 0.25) is 0 Å². The summed E-state index contributed by atoms with van der Waals surface area (Å²) in [4.78, 5) is 15.1. The number of rotatable bonds is 7. The average molecular weight is 387 g/mol. The molecule has 0 aromatic heterocycles. The molecule has 0 fully saturated rings. The van der Waals surface area contributed by atoms with Crippen LogP contribution in [-0.4, -0.2) is 32.1 Å². The summed E-state index contributed by atoms with van der Waals surface area (Å²) < 4.78 is 10.9. The highest BCUT2D eigenvalue weighted by Crippen LogP contribution is 2.27. The highest BCUT2D eigenvalue weighted by Gasteiger charge is 2.19. The number of ether oxygens (including phenoxy) is 2. The highest BCUT2D eigenvalue weighted by molar-refractivity contribution is 6.24. The van der Waals surface area contributed by atoms with Gasteiger partial charge in [-0.25, -0.2) is 0 Å². The maximum Gasteiger partial charge on any atom is 0.254 e. The van der Waals surface area contributed by atoms with Crippen molar-refractivity contribution < 1.29 is 14.3 Å². The van der Waals surface area contributed by atoms with Gasteiger partial charge in [-0.15, -0.1) is 0 Å². The molecule has 0 saturated heterocycles. The van der Waals surface area contributed by atoms with Gasteiger partial charge in [-0.3, -0.25) is 4.79 Å². The van der Waals surface area contributed by atoms with E-state index in [0.717, 1.165) is 28.2 Å². The van der Waals surface area contributed by atoms with Crippen LogP contribution in [0.3, 0.4) is 0 Å². The van der Waals surface area contributed by atoms with E-state index in [4.69, 9.17) is 9.47 Å². The molecule has 0 radical (unpaired) electrons. The van der Waals surface area contributed by atoms with Crippen LogP contribution in [-0.2, 0) is 11.3 Å². The number of nitrogens with zero attached hydrogens (tertiary/aromatic N) is 1. The minimum atomic E-state index is -0.0759. The summed E-state index contributed by atoms with van der Waals surface area (Å²) in [6, 6.07) is 25.1. The Balaban J connectivity index is 1.98. The molecular weight excluding hydrogens is 362 g/mol. The molecule has 0 N–H and O–H groups in total. The van der Waals surface area contributed by atoms with Crippen molar-refractivity contribution in [1.29, 1.82) is 0 Å². The van der Waals surface area contributed by atoms with Gasteiger partial charge in [0.05, 0.1) is 14.2 Å². The standard InChI is InChI=1S/C25H25NO3/c1-26(18-21-14-8-10-16-24(21)29-3)25(27)22(19-11-5-4-6-12-19)17-20-13-7-9-15-23(20)28-2/h4-17H,18H2,1-3H3. The number of methoxy groups -OCH3 is 2. The summed E-state index contributed by atoms with van der Waals surface area (Å²) >= 11 is 0. The molecule has 0 spiro atoms. The van der Waals surface area contributed by atoms with Crippen molar-refractivity contribution in [2.45, 2.75) is 6.54 Å². The molecule has 0 saturated carbocycles. The smallest absolute Gasteiger partial charge is 0.254 e. The molecular formula is C25H25NO3. The first-order chi connectivity index (χ1) is 14.1. The predicted molar refractivity (Wildman–Crippen MR) is 117 cm³/mol. The van der Waals surface area contributed by atoms with Gasteiger partial charge in [0.25, 0.3) is 5.91 Å². The minimum absolute atomic E-state index is 0.0759.